The normalized spacial score (nSPS) is 12.6. The van der Waals surface area contributed by atoms with Crippen LogP contribution in [0.25, 0.3) is 16.5 Å². The van der Waals surface area contributed by atoms with Gasteiger partial charge >= 0.3 is 0 Å². The number of aliphatic imine (C=N–C) groups is 1. The fourth-order valence-electron chi connectivity index (χ4n) is 2.65. The van der Waals surface area contributed by atoms with E-state index in [-0.39, 0.29) is 6.15 Å². The third kappa shape index (κ3) is 1.82. The van der Waals surface area contributed by atoms with E-state index >= 15 is 0 Å². The second-order valence-corrected chi connectivity index (χ2v) is 4.70. The zero-order valence-electron chi connectivity index (χ0n) is 11.3. The number of allylic oxidation sites excluding steroid dienone is 1. The first-order chi connectivity index (χ1) is 9.88. The summed E-state index contributed by atoms with van der Waals surface area (Å²) in [4.78, 5) is 19.2. The van der Waals surface area contributed by atoms with Crippen LogP contribution >= 0.6 is 0 Å². The van der Waals surface area contributed by atoms with E-state index in [1.54, 1.807) is 0 Å². The van der Waals surface area contributed by atoms with E-state index in [9.17, 15) is 4.79 Å². The van der Waals surface area contributed by atoms with Crippen molar-refractivity contribution in [1.82, 2.24) is 11.1 Å². The van der Waals surface area contributed by atoms with Gasteiger partial charge in [0.2, 0.25) is 0 Å². The quantitative estimate of drug-likeness (QED) is 0.664. The van der Waals surface area contributed by atoms with Crippen LogP contribution in [0.4, 0.5) is 5.69 Å². The number of fused-ring (bicyclic) bond motifs is 2. The lowest BCUT2D eigenvalue weighted by atomic mass is 9.99. The highest BCUT2D eigenvalue weighted by atomic mass is 16.1. The molecule has 1 aliphatic rings. The van der Waals surface area contributed by atoms with Crippen LogP contribution < -0.4 is 6.15 Å². The van der Waals surface area contributed by atoms with Crippen molar-refractivity contribution in [1.29, 1.82) is 0 Å². The highest BCUT2D eigenvalue weighted by molar-refractivity contribution is 6.43. The molecule has 3 aromatic rings. The Bertz CT molecular complexity index is 914. The summed E-state index contributed by atoms with van der Waals surface area (Å²) in [5.41, 5.74) is 4.87. The van der Waals surface area contributed by atoms with Gasteiger partial charge in [-0.1, -0.05) is 36.4 Å². The maximum absolute atomic E-state index is 11.4. The molecule has 2 heterocycles. The molecule has 0 amide bonds. The molecule has 0 spiro atoms. The predicted octanol–water partition coefficient (Wildman–Crippen LogP) is 3.68. The molecule has 102 valence electrons. The van der Waals surface area contributed by atoms with E-state index in [1.807, 2.05) is 60.7 Å². The Balaban J connectivity index is 0.00000132. The largest absolute Gasteiger partial charge is 0.360 e. The van der Waals surface area contributed by atoms with Crippen LogP contribution in [0.3, 0.4) is 0 Å². The number of benzene rings is 2. The molecule has 4 rings (SSSR count). The van der Waals surface area contributed by atoms with Crippen molar-refractivity contribution in [3.63, 3.8) is 0 Å². The lowest BCUT2D eigenvalue weighted by Gasteiger charge is -1.99. The molecule has 0 bridgehead atoms. The Kier molecular flexibility index (Phi) is 3.03. The summed E-state index contributed by atoms with van der Waals surface area (Å²) < 4.78 is 0. The number of nitrogens with zero attached hydrogens (tertiary/aromatic N) is 1. The fraction of sp³-hybridized carbons (Fsp3) is 0. The van der Waals surface area contributed by atoms with Crippen LogP contribution in [0.1, 0.15) is 11.1 Å². The summed E-state index contributed by atoms with van der Waals surface area (Å²) in [6, 6.07) is 15.6. The number of aromatic amines is 1. The van der Waals surface area contributed by atoms with Crippen LogP contribution in [0.2, 0.25) is 0 Å². The van der Waals surface area contributed by atoms with Gasteiger partial charge in [0.15, 0.2) is 0 Å². The SMILES string of the molecule is N.O=C=C1C(c2c[nH]c3ccccc23)=Nc2ccccc21. The van der Waals surface area contributed by atoms with Crippen molar-refractivity contribution in [2.75, 3.05) is 0 Å². The molecule has 21 heavy (non-hydrogen) atoms. The van der Waals surface area contributed by atoms with Crippen LogP contribution in [-0.2, 0) is 4.79 Å². The van der Waals surface area contributed by atoms with Gasteiger partial charge in [-0.15, -0.1) is 0 Å². The summed E-state index contributed by atoms with van der Waals surface area (Å²) in [5.74, 6) is 2.05. The van der Waals surface area contributed by atoms with Crippen molar-refractivity contribution in [2.24, 2.45) is 4.99 Å². The molecule has 1 aliphatic heterocycles. The maximum Gasteiger partial charge on any atom is 0.135 e. The Morgan fingerprint density at radius 3 is 2.57 bits per heavy atom. The van der Waals surface area contributed by atoms with Crippen molar-refractivity contribution >= 4 is 33.8 Å². The van der Waals surface area contributed by atoms with E-state index in [2.05, 4.69) is 9.98 Å². The minimum atomic E-state index is 0. The van der Waals surface area contributed by atoms with Gasteiger partial charge in [-0.2, -0.15) is 0 Å². The van der Waals surface area contributed by atoms with E-state index in [4.69, 9.17) is 0 Å². The Hall–Kier alpha value is -2.94. The number of aromatic nitrogens is 1. The predicted molar refractivity (Wildman–Crippen MR) is 85.1 cm³/mol. The van der Waals surface area contributed by atoms with Gasteiger partial charge in [0.1, 0.15) is 5.94 Å². The molecule has 0 fully saturated rings. The molecule has 4 nitrogen and oxygen atoms in total. The highest BCUT2D eigenvalue weighted by Gasteiger charge is 2.24. The zero-order valence-corrected chi connectivity index (χ0v) is 11.3. The van der Waals surface area contributed by atoms with E-state index in [1.165, 1.54) is 0 Å². The second-order valence-electron chi connectivity index (χ2n) is 4.70. The molecule has 0 saturated heterocycles. The number of para-hydroxylation sites is 2. The van der Waals surface area contributed by atoms with Crippen molar-refractivity contribution in [3.05, 3.63) is 65.9 Å². The molecule has 2 aromatic carbocycles. The smallest absolute Gasteiger partial charge is 0.135 e. The highest BCUT2D eigenvalue weighted by Crippen LogP contribution is 2.36. The molecule has 0 atom stereocenters. The summed E-state index contributed by atoms with van der Waals surface area (Å²) in [5, 5.41) is 1.06. The number of H-pyrrole nitrogens is 1. The first kappa shape index (κ1) is 13.1. The molecule has 0 unspecified atom stereocenters. The lowest BCUT2D eigenvalue weighted by Crippen LogP contribution is -1.99. The molecule has 0 radical (unpaired) electrons. The first-order valence-electron chi connectivity index (χ1n) is 6.38. The molecule has 1 aromatic heterocycles. The van der Waals surface area contributed by atoms with Gasteiger partial charge in [-0.25, -0.2) is 9.79 Å². The van der Waals surface area contributed by atoms with Crippen LogP contribution in [0.5, 0.6) is 0 Å². The van der Waals surface area contributed by atoms with E-state index < -0.39 is 0 Å². The topological polar surface area (TPSA) is 80.2 Å². The lowest BCUT2D eigenvalue weighted by molar-refractivity contribution is 0.570. The van der Waals surface area contributed by atoms with E-state index in [0.29, 0.717) is 11.3 Å². The van der Waals surface area contributed by atoms with E-state index in [0.717, 1.165) is 27.7 Å². The van der Waals surface area contributed by atoms with Crippen LogP contribution in [0.15, 0.2) is 59.7 Å². The third-order valence-electron chi connectivity index (χ3n) is 3.59. The Morgan fingerprint density at radius 2 is 1.71 bits per heavy atom. The summed E-state index contributed by atoms with van der Waals surface area (Å²) in [7, 11) is 0. The maximum atomic E-state index is 11.4. The minimum absolute atomic E-state index is 0. The Labute approximate surface area is 121 Å². The van der Waals surface area contributed by atoms with Crippen molar-refractivity contribution in [2.45, 2.75) is 0 Å². The first-order valence-corrected chi connectivity index (χ1v) is 6.38. The van der Waals surface area contributed by atoms with Gasteiger partial charge < -0.3 is 11.1 Å². The average molecular weight is 275 g/mol. The summed E-state index contributed by atoms with van der Waals surface area (Å²) in [6.45, 7) is 0. The molecule has 0 aliphatic carbocycles. The number of carbonyl (C=O) groups excluding carboxylic acids is 1. The molecule has 4 N–H and O–H groups in total. The summed E-state index contributed by atoms with van der Waals surface area (Å²) >= 11 is 0. The van der Waals surface area contributed by atoms with Crippen molar-refractivity contribution < 1.29 is 4.79 Å². The number of nitrogens with one attached hydrogen (secondary N) is 1. The fourth-order valence-corrected chi connectivity index (χ4v) is 2.65. The Morgan fingerprint density at radius 1 is 0.952 bits per heavy atom. The number of rotatable bonds is 1. The van der Waals surface area contributed by atoms with Gasteiger partial charge in [0.05, 0.1) is 17.0 Å². The van der Waals surface area contributed by atoms with Gasteiger partial charge in [0.25, 0.3) is 0 Å². The standard InChI is InChI=1S/C17H10N2O.H3N/c20-10-14-12-6-2-4-8-16(12)19-17(14)13-9-18-15-7-3-1-5-11(13)15;/h1-9,18H;1H3. The molecular weight excluding hydrogens is 262 g/mol. The summed E-state index contributed by atoms with van der Waals surface area (Å²) in [6.07, 6.45) is 1.90. The van der Waals surface area contributed by atoms with Gasteiger partial charge in [-0.3, -0.25) is 0 Å². The minimum Gasteiger partial charge on any atom is -0.360 e. The average Bonchev–Trinajstić information content (AvgIpc) is 3.07. The molecule has 4 heteroatoms. The number of hydrogen-bond donors (Lipinski definition) is 2. The molecule has 0 saturated carbocycles. The van der Waals surface area contributed by atoms with Crippen molar-refractivity contribution in [3.8, 4) is 0 Å². The van der Waals surface area contributed by atoms with Crippen LogP contribution in [-0.4, -0.2) is 16.6 Å². The van der Waals surface area contributed by atoms with Crippen LogP contribution in [0, 0.1) is 0 Å². The zero-order chi connectivity index (χ0) is 13.5. The number of hydrogen-bond acceptors (Lipinski definition) is 3. The van der Waals surface area contributed by atoms with Gasteiger partial charge in [0, 0.05) is 28.2 Å². The second kappa shape index (κ2) is 4.87. The third-order valence-corrected chi connectivity index (χ3v) is 3.59. The van der Waals surface area contributed by atoms with Gasteiger partial charge in [-0.05, 0) is 12.1 Å². The molecular formula is C17H13N3O. The monoisotopic (exact) mass is 275 g/mol.